The van der Waals surface area contributed by atoms with Crippen LogP contribution in [0, 0.1) is 12.8 Å². The molecule has 15 heteroatoms. The lowest BCUT2D eigenvalue weighted by atomic mass is 9.99. The van der Waals surface area contributed by atoms with E-state index in [1.807, 2.05) is 72.5 Å². The quantitative estimate of drug-likeness (QED) is 0.0719. The third-order valence-electron chi connectivity index (χ3n) is 13.6. The Hall–Kier alpha value is -7.81. The van der Waals surface area contributed by atoms with Crippen LogP contribution in [0.3, 0.4) is 0 Å². The second kappa shape index (κ2) is 20.6. The number of rotatable bonds is 18. The van der Waals surface area contributed by atoms with E-state index in [4.69, 9.17) is 19.2 Å². The molecule has 0 radical (unpaired) electrons. The number of ether oxygens (including phenoxy) is 3. The third kappa shape index (κ3) is 10.4. The number of para-hydroxylation sites is 2. The number of aryl methyl sites for hydroxylation is 1. The second-order valence-corrected chi connectivity index (χ2v) is 19.0. The van der Waals surface area contributed by atoms with Crippen LogP contribution in [0.5, 0.6) is 17.2 Å². The van der Waals surface area contributed by atoms with Gasteiger partial charge < -0.3 is 39.9 Å². The molecule has 3 N–H and O–H groups in total. The van der Waals surface area contributed by atoms with Crippen LogP contribution < -0.4 is 40.0 Å². The number of hydrogen-bond acceptors (Lipinski definition) is 11. The lowest BCUT2D eigenvalue weighted by molar-refractivity contribution is -0.129. The molecule has 4 aliphatic heterocycles. The number of carbonyl (C=O) groups is 6. The van der Waals surface area contributed by atoms with Gasteiger partial charge in [-0.3, -0.25) is 33.9 Å². The van der Waals surface area contributed by atoms with Crippen LogP contribution in [0.25, 0.3) is 0 Å². The van der Waals surface area contributed by atoms with Crippen molar-refractivity contribution in [2.75, 3.05) is 34.1 Å². The number of amides is 4. The molecule has 15 nitrogen and oxygen atoms in total. The topological polar surface area (TPSA) is 185 Å². The predicted molar refractivity (Wildman–Crippen MR) is 272 cm³/mol. The Balaban J connectivity index is 0.928. The molecule has 5 aromatic carbocycles. The number of methoxy groups -OCH3 is 1. The van der Waals surface area contributed by atoms with Crippen LogP contribution in [-0.4, -0.2) is 73.2 Å². The number of nitrogens with one attached hydrogen (secondary N) is 3. The fourth-order valence-corrected chi connectivity index (χ4v) is 9.83. The molecule has 366 valence electrons. The van der Waals surface area contributed by atoms with E-state index in [9.17, 15) is 28.8 Å². The minimum Gasteiger partial charge on any atom is -0.493 e. The zero-order valence-electron chi connectivity index (χ0n) is 40.6. The first-order valence-corrected chi connectivity index (χ1v) is 24.2. The highest BCUT2D eigenvalue weighted by atomic mass is 16.5. The first-order valence-electron chi connectivity index (χ1n) is 24.2. The summed E-state index contributed by atoms with van der Waals surface area (Å²) in [5.74, 6) is -0.604. The van der Waals surface area contributed by atoms with Crippen molar-refractivity contribution < 1.29 is 43.0 Å². The zero-order valence-corrected chi connectivity index (χ0v) is 40.6. The van der Waals surface area contributed by atoms with Crippen molar-refractivity contribution in [3.05, 3.63) is 130 Å². The lowest BCUT2D eigenvalue weighted by Gasteiger charge is -2.22. The number of nitrogens with zero attached hydrogens (tertiary/aromatic N) is 3. The number of aliphatic imine (C=N–C) groups is 1. The predicted octanol–water partition coefficient (Wildman–Crippen LogP) is 8.63. The van der Waals surface area contributed by atoms with E-state index in [0.717, 1.165) is 34.5 Å². The minimum atomic E-state index is -0.795. The van der Waals surface area contributed by atoms with Crippen LogP contribution in [0.4, 0.5) is 28.4 Å². The molecule has 9 rings (SSSR count). The molecule has 0 fully saturated rings. The summed E-state index contributed by atoms with van der Waals surface area (Å²) in [7, 11) is 1.51. The fraction of sp³-hybridized carbons (Fsp3) is 0.339. The van der Waals surface area contributed by atoms with E-state index in [1.54, 1.807) is 49.2 Å². The van der Waals surface area contributed by atoms with Crippen molar-refractivity contribution in [2.45, 2.75) is 104 Å². The van der Waals surface area contributed by atoms with E-state index in [-0.39, 0.29) is 67.4 Å². The Bertz CT molecular complexity index is 2980. The van der Waals surface area contributed by atoms with Gasteiger partial charge in [-0.25, -0.2) is 0 Å². The Morgan fingerprint density at radius 3 is 2.15 bits per heavy atom. The first kappa shape index (κ1) is 48.2. The zero-order chi connectivity index (χ0) is 49.9. The van der Waals surface area contributed by atoms with Crippen molar-refractivity contribution in [2.24, 2.45) is 10.9 Å². The van der Waals surface area contributed by atoms with Crippen molar-refractivity contribution in [3.8, 4) is 17.2 Å². The average Bonchev–Trinajstić information content (AvgIpc) is 3.85. The third-order valence-corrected chi connectivity index (χ3v) is 13.6. The van der Waals surface area contributed by atoms with Crippen molar-refractivity contribution in [1.29, 1.82) is 0 Å². The van der Waals surface area contributed by atoms with Crippen LogP contribution in [-0.2, 0) is 45.2 Å². The molecule has 71 heavy (non-hydrogen) atoms. The highest BCUT2D eigenvalue weighted by molar-refractivity contribution is 6.15. The molecular formula is C56H58N6O9. The molecule has 0 saturated heterocycles. The van der Waals surface area contributed by atoms with Crippen LogP contribution in [0.1, 0.15) is 101 Å². The van der Waals surface area contributed by atoms with Gasteiger partial charge in [0.1, 0.15) is 24.7 Å². The van der Waals surface area contributed by atoms with Gasteiger partial charge in [0.05, 0.1) is 47.7 Å². The summed E-state index contributed by atoms with van der Waals surface area (Å²) in [6, 6.07) is 27.4. The number of unbranched alkanes of at least 4 members (excludes halogenated alkanes) is 1. The van der Waals surface area contributed by atoms with Gasteiger partial charge in [0.15, 0.2) is 17.3 Å². The first-order chi connectivity index (χ1) is 34.2. The molecule has 0 bridgehead atoms. The average molecular weight is 959 g/mol. The number of anilines is 4. The van der Waals surface area contributed by atoms with Gasteiger partial charge in [-0.1, -0.05) is 43.3 Å². The summed E-state index contributed by atoms with van der Waals surface area (Å²) in [6.45, 7) is 7.36. The van der Waals surface area contributed by atoms with E-state index in [2.05, 4.69) is 22.0 Å². The van der Waals surface area contributed by atoms with Gasteiger partial charge in [0.2, 0.25) is 11.8 Å². The Labute approximate surface area is 412 Å². The van der Waals surface area contributed by atoms with Crippen LogP contribution in [0.2, 0.25) is 0 Å². The summed E-state index contributed by atoms with van der Waals surface area (Å²) in [5.41, 5.74) is 8.71. The standard InChI is InChI=1S/C56H58N6O9/c1-32-18-43-45(57-28-41-23-38-13-7-9-15-47(38)61(41)55(43)67)26-50(32)70-30-36-20-37(22-40(21-36)60-54(66)33(2)19-49(64)35(4)59-53(65)17-11-6-12-34(3)63)31-71-52-27-46-44(25-51(52)69-5)56(68)62-42(29-58-46)24-39-14-8-10-16-48(39)62/h7-10,13-16,18,20-22,25-27,29,33,35,41-42,57H,6,11-12,17,19,23-24,28,30-31H2,1-5H3,(H,59,65)(H,60,66)/t33-,35+,41+,42+/m1/s1. The monoisotopic (exact) mass is 958 g/mol. The number of ketones is 2. The van der Waals surface area contributed by atoms with E-state index in [0.29, 0.717) is 88.8 Å². The molecule has 4 atom stereocenters. The molecular weight excluding hydrogens is 901 g/mol. The van der Waals surface area contributed by atoms with Crippen LogP contribution >= 0.6 is 0 Å². The maximum atomic E-state index is 14.1. The highest BCUT2D eigenvalue weighted by Crippen LogP contribution is 2.42. The van der Waals surface area contributed by atoms with Crippen LogP contribution in [0.15, 0.2) is 96.0 Å². The Kier molecular flexibility index (Phi) is 14.0. The largest absolute Gasteiger partial charge is 0.493 e. The molecule has 5 aromatic rings. The maximum absolute atomic E-state index is 14.1. The van der Waals surface area contributed by atoms with Crippen molar-refractivity contribution >= 4 is 69.8 Å². The van der Waals surface area contributed by atoms with Gasteiger partial charge >= 0.3 is 0 Å². The summed E-state index contributed by atoms with van der Waals surface area (Å²) in [5, 5.41) is 9.21. The molecule has 0 aliphatic carbocycles. The summed E-state index contributed by atoms with van der Waals surface area (Å²) < 4.78 is 18.7. The number of benzene rings is 5. The summed E-state index contributed by atoms with van der Waals surface area (Å²) in [6.07, 6.45) is 4.86. The van der Waals surface area contributed by atoms with Gasteiger partial charge in [-0.05, 0) is 110 Å². The highest BCUT2D eigenvalue weighted by Gasteiger charge is 2.38. The SMILES string of the molecule is COc1cc2c(cc1OCc1cc(COc3cc4c(cc3C)C(=O)N3c5ccccc5C[C@H]3CN4)cc(NC(=O)[C@H](C)CC(=O)[C@H](C)NC(=O)CCCCC(C)=O)c1)N=C[C@@H]1Cc3ccccc3N1C2=O. The van der Waals surface area contributed by atoms with Gasteiger partial charge in [0, 0.05) is 73.6 Å². The van der Waals surface area contributed by atoms with Gasteiger partial charge in [0.25, 0.3) is 11.8 Å². The Morgan fingerprint density at radius 1 is 0.775 bits per heavy atom. The van der Waals surface area contributed by atoms with Gasteiger partial charge in [-0.2, -0.15) is 0 Å². The van der Waals surface area contributed by atoms with Crippen molar-refractivity contribution in [3.63, 3.8) is 0 Å². The summed E-state index contributed by atoms with van der Waals surface area (Å²) >= 11 is 0. The fourth-order valence-electron chi connectivity index (χ4n) is 9.83. The molecule has 4 heterocycles. The molecule has 0 aromatic heterocycles. The van der Waals surface area contributed by atoms with E-state index in [1.165, 1.54) is 14.0 Å². The Morgan fingerprint density at radius 2 is 1.44 bits per heavy atom. The summed E-state index contributed by atoms with van der Waals surface area (Å²) in [4.78, 5) is 87.2. The van der Waals surface area contributed by atoms with Crippen molar-refractivity contribution in [1.82, 2.24) is 5.32 Å². The molecule has 4 amide bonds. The lowest BCUT2D eigenvalue weighted by Crippen LogP contribution is -2.39. The van der Waals surface area contributed by atoms with E-state index < -0.39 is 17.9 Å². The molecule has 4 aliphatic rings. The number of fused-ring (bicyclic) bond motifs is 8. The normalized spacial score (nSPS) is 16.9. The smallest absolute Gasteiger partial charge is 0.261 e. The minimum absolute atomic E-state index is 0.0162. The number of carbonyl (C=O) groups excluding carboxylic acids is 6. The molecule has 0 spiro atoms. The molecule has 0 saturated carbocycles. The molecule has 0 unspecified atom stereocenters. The second-order valence-electron chi connectivity index (χ2n) is 19.0. The number of Topliss-reactive ketones (excluding diaryl/α,β-unsaturated/α-hetero) is 2. The number of hydrogen-bond donors (Lipinski definition) is 3. The maximum Gasteiger partial charge on any atom is 0.261 e. The van der Waals surface area contributed by atoms with Gasteiger partial charge in [-0.15, -0.1) is 0 Å². The van der Waals surface area contributed by atoms with E-state index >= 15 is 0 Å².